The molecule has 98 valence electrons. The molecule has 0 spiro atoms. The number of hydrogen-bond donors (Lipinski definition) is 1. The third-order valence-corrected chi connectivity index (χ3v) is 2.92. The summed E-state index contributed by atoms with van der Waals surface area (Å²) in [6.45, 7) is 8.89. The normalized spacial score (nSPS) is 13.2. The molecular formula is C14H21N3O. The Kier molecular flexibility index (Phi) is 3.57. The van der Waals surface area contributed by atoms with E-state index in [4.69, 9.17) is 10.5 Å². The predicted molar refractivity (Wildman–Crippen MR) is 73.9 cm³/mol. The van der Waals surface area contributed by atoms with Crippen LogP contribution < -0.4 is 10.5 Å². The Hall–Kier alpha value is -1.55. The van der Waals surface area contributed by atoms with E-state index >= 15 is 0 Å². The molecular weight excluding hydrogens is 226 g/mol. The van der Waals surface area contributed by atoms with E-state index in [2.05, 4.69) is 29.5 Å². The van der Waals surface area contributed by atoms with Crippen LogP contribution in [0.3, 0.4) is 0 Å². The van der Waals surface area contributed by atoms with E-state index in [1.165, 1.54) is 0 Å². The lowest BCUT2D eigenvalue weighted by Gasteiger charge is -2.14. The van der Waals surface area contributed by atoms with Crippen LogP contribution >= 0.6 is 0 Å². The van der Waals surface area contributed by atoms with Gasteiger partial charge in [0.05, 0.1) is 23.7 Å². The van der Waals surface area contributed by atoms with Crippen LogP contribution in [0, 0.1) is 0 Å². The molecule has 4 heteroatoms. The molecule has 1 aromatic carbocycles. The van der Waals surface area contributed by atoms with Gasteiger partial charge in [-0.2, -0.15) is 0 Å². The minimum Gasteiger partial charge on any atom is -0.494 e. The Bertz CT molecular complexity index is 543. The highest BCUT2D eigenvalue weighted by Gasteiger charge is 2.16. The van der Waals surface area contributed by atoms with Crippen molar-refractivity contribution >= 4 is 11.0 Å². The molecule has 0 aliphatic carbocycles. The van der Waals surface area contributed by atoms with Crippen molar-refractivity contribution in [3.63, 3.8) is 0 Å². The van der Waals surface area contributed by atoms with Crippen LogP contribution in [-0.2, 0) is 0 Å². The number of rotatable bonds is 4. The van der Waals surface area contributed by atoms with E-state index in [1.807, 2.05) is 26.0 Å². The average molecular weight is 247 g/mol. The third kappa shape index (κ3) is 2.20. The van der Waals surface area contributed by atoms with Gasteiger partial charge in [-0.05, 0) is 39.8 Å². The van der Waals surface area contributed by atoms with Gasteiger partial charge in [-0.1, -0.05) is 0 Å². The average Bonchev–Trinajstić information content (AvgIpc) is 2.68. The van der Waals surface area contributed by atoms with Crippen molar-refractivity contribution in [2.24, 2.45) is 5.73 Å². The number of imidazole rings is 1. The Labute approximate surface area is 108 Å². The zero-order valence-electron chi connectivity index (χ0n) is 11.5. The van der Waals surface area contributed by atoms with E-state index in [0.717, 1.165) is 22.6 Å². The summed E-state index contributed by atoms with van der Waals surface area (Å²) in [7, 11) is 0. The highest BCUT2D eigenvalue weighted by molar-refractivity contribution is 5.78. The van der Waals surface area contributed by atoms with Crippen molar-refractivity contribution in [1.82, 2.24) is 9.55 Å². The van der Waals surface area contributed by atoms with Gasteiger partial charge in [0.2, 0.25) is 0 Å². The Morgan fingerprint density at radius 1 is 1.33 bits per heavy atom. The number of hydrogen-bond acceptors (Lipinski definition) is 3. The number of benzene rings is 1. The van der Waals surface area contributed by atoms with Gasteiger partial charge in [0.15, 0.2) is 0 Å². The molecule has 0 saturated carbocycles. The van der Waals surface area contributed by atoms with Crippen molar-refractivity contribution in [3.8, 4) is 5.75 Å². The second-order valence-electron chi connectivity index (χ2n) is 4.81. The fourth-order valence-electron chi connectivity index (χ4n) is 2.22. The lowest BCUT2D eigenvalue weighted by molar-refractivity contribution is 0.340. The maximum atomic E-state index is 6.00. The zero-order valence-corrected chi connectivity index (χ0v) is 11.5. The van der Waals surface area contributed by atoms with E-state index in [0.29, 0.717) is 12.6 Å². The second kappa shape index (κ2) is 4.98. The maximum absolute atomic E-state index is 6.00. The number of ether oxygens (including phenoxy) is 1. The van der Waals surface area contributed by atoms with Gasteiger partial charge in [-0.15, -0.1) is 0 Å². The lowest BCUT2D eigenvalue weighted by atomic mass is 10.2. The van der Waals surface area contributed by atoms with Gasteiger partial charge in [0.25, 0.3) is 0 Å². The van der Waals surface area contributed by atoms with Crippen LogP contribution in [0.5, 0.6) is 5.75 Å². The molecule has 0 bridgehead atoms. The molecule has 0 amide bonds. The fourth-order valence-corrected chi connectivity index (χ4v) is 2.22. The van der Waals surface area contributed by atoms with Crippen LogP contribution in [-0.4, -0.2) is 16.2 Å². The largest absolute Gasteiger partial charge is 0.494 e. The molecule has 2 rings (SSSR count). The highest BCUT2D eigenvalue weighted by atomic mass is 16.5. The van der Waals surface area contributed by atoms with E-state index in [9.17, 15) is 0 Å². The zero-order chi connectivity index (χ0) is 13.3. The minimum atomic E-state index is -0.0738. The maximum Gasteiger partial charge on any atom is 0.126 e. The van der Waals surface area contributed by atoms with Gasteiger partial charge in [0.1, 0.15) is 11.6 Å². The second-order valence-corrected chi connectivity index (χ2v) is 4.81. The first-order chi connectivity index (χ1) is 8.54. The van der Waals surface area contributed by atoms with Crippen molar-refractivity contribution in [2.75, 3.05) is 6.61 Å². The van der Waals surface area contributed by atoms with Gasteiger partial charge < -0.3 is 15.0 Å². The van der Waals surface area contributed by atoms with Crippen molar-refractivity contribution in [2.45, 2.75) is 39.8 Å². The summed E-state index contributed by atoms with van der Waals surface area (Å²) in [4.78, 5) is 4.63. The number of nitrogens with zero attached hydrogens (tertiary/aromatic N) is 2. The molecule has 0 aliphatic rings. The van der Waals surface area contributed by atoms with Crippen LogP contribution in [0.15, 0.2) is 18.2 Å². The topological polar surface area (TPSA) is 53.1 Å². The molecule has 2 N–H and O–H groups in total. The summed E-state index contributed by atoms with van der Waals surface area (Å²) >= 11 is 0. The quantitative estimate of drug-likeness (QED) is 0.903. The minimum absolute atomic E-state index is 0.0738. The molecule has 0 radical (unpaired) electrons. The predicted octanol–water partition coefficient (Wildman–Crippen LogP) is 3.04. The molecule has 0 saturated heterocycles. The number of aromatic nitrogens is 2. The van der Waals surface area contributed by atoms with Crippen molar-refractivity contribution < 1.29 is 4.74 Å². The van der Waals surface area contributed by atoms with Crippen molar-refractivity contribution in [1.29, 1.82) is 0 Å². The Morgan fingerprint density at radius 3 is 2.61 bits per heavy atom. The molecule has 18 heavy (non-hydrogen) atoms. The summed E-state index contributed by atoms with van der Waals surface area (Å²) in [5, 5.41) is 0. The van der Waals surface area contributed by atoms with Crippen LogP contribution in [0.25, 0.3) is 11.0 Å². The van der Waals surface area contributed by atoms with E-state index in [-0.39, 0.29) is 6.04 Å². The summed E-state index contributed by atoms with van der Waals surface area (Å²) in [5.41, 5.74) is 8.06. The van der Waals surface area contributed by atoms with Gasteiger partial charge in [-0.25, -0.2) is 4.98 Å². The summed E-state index contributed by atoms with van der Waals surface area (Å²) in [6.07, 6.45) is 0. The van der Waals surface area contributed by atoms with Crippen LogP contribution in [0.4, 0.5) is 0 Å². The third-order valence-electron chi connectivity index (χ3n) is 2.92. The monoisotopic (exact) mass is 247 g/mol. The van der Waals surface area contributed by atoms with Crippen LogP contribution in [0.1, 0.15) is 45.6 Å². The van der Waals surface area contributed by atoms with Gasteiger partial charge in [-0.3, -0.25) is 0 Å². The Balaban J connectivity index is 2.61. The summed E-state index contributed by atoms with van der Waals surface area (Å²) in [5.74, 6) is 1.78. The fraction of sp³-hybridized carbons (Fsp3) is 0.500. The molecule has 1 heterocycles. The first-order valence-electron chi connectivity index (χ1n) is 6.44. The van der Waals surface area contributed by atoms with E-state index in [1.54, 1.807) is 0 Å². The first-order valence-corrected chi connectivity index (χ1v) is 6.44. The highest BCUT2D eigenvalue weighted by Crippen LogP contribution is 2.27. The standard InChI is InChI=1S/C14H21N3O/c1-5-18-11-6-7-13-12(8-11)16-14(10(4)15)17(13)9(2)3/h6-10H,5,15H2,1-4H3. The van der Waals surface area contributed by atoms with Crippen molar-refractivity contribution in [3.05, 3.63) is 24.0 Å². The lowest BCUT2D eigenvalue weighted by Crippen LogP contribution is -2.14. The Morgan fingerprint density at radius 2 is 2.06 bits per heavy atom. The molecule has 4 nitrogen and oxygen atoms in total. The molecule has 1 unspecified atom stereocenters. The molecule has 2 aromatic rings. The molecule has 0 fully saturated rings. The van der Waals surface area contributed by atoms with Gasteiger partial charge >= 0.3 is 0 Å². The van der Waals surface area contributed by atoms with E-state index < -0.39 is 0 Å². The summed E-state index contributed by atoms with van der Waals surface area (Å²) in [6, 6.07) is 6.28. The number of fused-ring (bicyclic) bond motifs is 1. The smallest absolute Gasteiger partial charge is 0.126 e. The number of nitrogens with two attached hydrogens (primary N) is 1. The molecule has 1 atom stereocenters. The summed E-state index contributed by atoms with van der Waals surface area (Å²) < 4.78 is 7.69. The first kappa shape index (κ1) is 12.9. The SMILES string of the molecule is CCOc1ccc2c(c1)nc(C(C)N)n2C(C)C. The van der Waals surface area contributed by atoms with Gasteiger partial charge in [0, 0.05) is 12.1 Å². The molecule has 1 aromatic heterocycles. The molecule has 0 aliphatic heterocycles. The van der Waals surface area contributed by atoms with Crippen LogP contribution in [0.2, 0.25) is 0 Å².